The van der Waals surface area contributed by atoms with Gasteiger partial charge in [-0.1, -0.05) is 30.3 Å². The monoisotopic (exact) mass is 323 g/mol. The van der Waals surface area contributed by atoms with E-state index in [1.165, 1.54) is 0 Å². The van der Waals surface area contributed by atoms with Crippen LogP contribution in [-0.4, -0.2) is 18.2 Å². The van der Waals surface area contributed by atoms with Crippen molar-refractivity contribution in [3.8, 4) is 0 Å². The van der Waals surface area contributed by atoms with Gasteiger partial charge < -0.3 is 9.32 Å². The number of anilines is 1. The van der Waals surface area contributed by atoms with Crippen LogP contribution >= 0.6 is 11.8 Å². The molecule has 3 aromatic rings. The summed E-state index contributed by atoms with van der Waals surface area (Å²) < 4.78 is 5.28. The largest absolute Gasteiger partial charge is 0.422 e. The number of carbonyl (C=O) groups excluding carboxylic acids is 1. The molecule has 5 heteroatoms. The van der Waals surface area contributed by atoms with Crippen molar-refractivity contribution in [2.24, 2.45) is 0 Å². The minimum absolute atomic E-state index is 0.0744. The summed E-state index contributed by atoms with van der Waals surface area (Å²) in [4.78, 5) is 27.8. The predicted molar refractivity (Wildman–Crippen MR) is 91.3 cm³/mol. The lowest BCUT2D eigenvalue weighted by molar-refractivity contribution is 0.0984. The summed E-state index contributed by atoms with van der Waals surface area (Å²) in [5.74, 6) is 0.499. The molecule has 23 heavy (non-hydrogen) atoms. The second kappa shape index (κ2) is 5.59. The lowest BCUT2D eigenvalue weighted by Gasteiger charge is -2.28. The lowest BCUT2D eigenvalue weighted by atomic mass is 10.1. The van der Waals surface area contributed by atoms with E-state index in [0.29, 0.717) is 12.1 Å². The van der Waals surface area contributed by atoms with Crippen LogP contribution in [0.5, 0.6) is 0 Å². The Morgan fingerprint density at radius 3 is 2.78 bits per heavy atom. The summed E-state index contributed by atoms with van der Waals surface area (Å²) in [6, 6.07) is 16.6. The highest BCUT2D eigenvalue weighted by Gasteiger charge is 2.26. The Bertz CT molecular complexity index is 964. The summed E-state index contributed by atoms with van der Waals surface area (Å²) in [6.07, 6.45) is 0. The molecular weight excluding hydrogens is 310 g/mol. The van der Waals surface area contributed by atoms with Crippen molar-refractivity contribution in [1.29, 1.82) is 0 Å². The molecule has 1 aliphatic heterocycles. The second-order valence-corrected chi connectivity index (χ2v) is 6.40. The van der Waals surface area contributed by atoms with E-state index in [0.717, 1.165) is 21.7 Å². The van der Waals surface area contributed by atoms with Crippen LogP contribution in [0, 0.1) is 0 Å². The zero-order valence-corrected chi connectivity index (χ0v) is 13.0. The third-order valence-electron chi connectivity index (χ3n) is 3.85. The molecule has 0 atom stereocenters. The smallest absolute Gasteiger partial charge is 0.349 e. The normalized spacial score (nSPS) is 13.8. The van der Waals surface area contributed by atoms with Crippen LogP contribution in [0.15, 0.2) is 68.7 Å². The molecule has 114 valence electrons. The fourth-order valence-electron chi connectivity index (χ4n) is 2.74. The maximum atomic E-state index is 12.9. The molecule has 0 saturated carbocycles. The summed E-state index contributed by atoms with van der Waals surface area (Å²) >= 11 is 1.72. The third kappa shape index (κ3) is 2.43. The van der Waals surface area contributed by atoms with Gasteiger partial charge in [-0.3, -0.25) is 4.79 Å². The Labute approximate surface area is 136 Å². The van der Waals surface area contributed by atoms with Gasteiger partial charge in [0.05, 0.1) is 5.69 Å². The first-order chi connectivity index (χ1) is 11.2. The molecule has 2 aromatic carbocycles. The SMILES string of the molecule is O=C(c1cc2ccccc2oc1=O)N1CCSc2ccccc21. The van der Waals surface area contributed by atoms with E-state index in [2.05, 4.69) is 0 Å². The van der Waals surface area contributed by atoms with Crippen molar-refractivity contribution in [2.45, 2.75) is 4.90 Å². The number of benzene rings is 2. The maximum Gasteiger partial charge on any atom is 0.349 e. The molecule has 0 unspecified atom stereocenters. The van der Waals surface area contributed by atoms with Gasteiger partial charge in [0.1, 0.15) is 11.1 Å². The van der Waals surface area contributed by atoms with Crippen molar-refractivity contribution in [3.63, 3.8) is 0 Å². The van der Waals surface area contributed by atoms with Gasteiger partial charge in [-0.05, 0) is 24.3 Å². The quantitative estimate of drug-likeness (QED) is 0.643. The van der Waals surface area contributed by atoms with Gasteiger partial charge in [-0.25, -0.2) is 4.79 Å². The molecule has 2 heterocycles. The van der Waals surface area contributed by atoms with Gasteiger partial charge in [0.15, 0.2) is 0 Å². The van der Waals surface area contributed by atoms with E-state index in [-0.39, 0.29) is 11.5 Å². The number of amides is 1. The first-order valence-electron chi connectivity index (χ1n) is 7.30. The minimum Gasteiger partial charge on any atom is -0.422 e. The Kier molecular flexibility index (Phi) is 3.42. The maximum absolute atomic E-state index is 12.9. The molecule has 0 bridgehead atoms. The summed E-state index contributed by atoms with van der Waals surface area (Å²) in [7, 11) is 0. The van der Waals surface area contributed by atoms with E-state index in [9.17, 15) is 9.59 Å². The van der Waals surface area contributed by atoms with Gasteiger partial charge in [0.2, 0.25) is 0 Å². The molecule has 1 aromatic heterocycles. The van der Waals surface area contributed by atoms with Crippen molar-refractivity contribution in [2.75, 3.05) is 17.2 Å². The number of hydrogen-bond acceptors (Lipinski definition) is 4. The van der Waals surface area contributed by atoms with E-state index in [1.54, 1.807) is 34.9 Å². The molecule has 0 fully saturated rings. The number of hydrogen-bond donors (Lipinski definition) is 0. The number of rotatable bonds is 1. The molecule has 0 N–H and O–H groups in total. The Morgan fingerprint density at radius 1 is 1.09 bits per heavy atom. The zero-order valence-electron chi connectivity index (χ0n) is 12.2. The lowest BCUT2D eigenvalue weighted by Crippen LogP contribution is -2.37. The average Bonchev–Trinajstić information content (AvgIpc) is 2.60. The van der Waals surface area contributed by atoms with Crippen molar-refractivity contribution in [3.05, 3.63) is 70.6 Å². The zero-order chi connectivity index (χ0) is 15.8. The number of para-hydroxylation sites is 2. The first-order valence-corrected chi connectivity index (χ1v) is 8.29. The highest BCUT2D eigenvalue weighted by atomic mass is 32.2. The van der Waals surface area contributed by atoms with E-state index in [4.69, 9.17) is 4.42 Å². The molecule has 0 saturated heterocycles. The molecule has 0 aliphatic carbocycles. The first kappa shape index (κ1) is 14.1. The standard InChI is InChI=1S/C18H13NO3S/c20-17(19-9-10-23-16-8-4-2-6-14(16)19)13-11-12-5-1-3-7-15(12)22-18(13)21/h1-8,11H,9-10H2. The van der Waals surface area contributed by atoms with Gasteiger partial charge in [0, 0.05) is 22.6 Å². The molecule has 0 radical (unpaired) electrons. The van der Waals surface area contributed by atoms with Crippen LogP contribution in [0.2, 0.25) is 0 Å². The third-order valence-corrected chi connectivity index (χ3v) is 4.89. The number of nitrogens with zero attached hydrogens (tertiary/aromatic N) is 1. The Morgan fingerprint density at radius 2 is 1.87 bits per heavy atom. The molecule has 4 nitrogen and oxygen atoms in total. The highest BCUT2D eigenvalue weighted by molar-refractivity contribution is 7.99. The number of fused-ring (bicyclic) bond motifs is 2. The summed E-state index contributed by atoms with van der Waals surface area (Å²) in [6.45, 7) is 0.576. The van der Waals surface area contributed by atoms with Gasteiger partial charge in [-0.15, -0.1) is 11.8 Å². The Hall–Kier alpha value is -2.53. The van der Waals surface area contributed by atoms with E-state index >= 15 is 0 Å². The van der Waals surface area contributed by atoms with Gasteiger partial charge in [-0.2, -0.15) is 0 Å². The van der Waals surface area contributed by atoms with E-state index < -0.39 is 5.63 Å². The van der Waals surface area contributed by atoms with Crippen LogP contribution in [0.3, 0.4) is 0 Å². The van der Waals surface area contributed by atoms with E-state index in [1.807, 2.05) is 36.4 Å². The minimum atomic E-state index is -0.593. The molecule has 0 spiro atoms. The van der Waals surface area contributed by atoms with Crippen LogP contribution in [-0.2, 0) is 0 Å². The van der Waals surface area contributed by atoms with Crippen LogP contribution in [0.4, 0.5) is 5.69 Å². The van der Waals surface area contributed by atoms with Crippen LogP contribution < -0.4 is 10.5 Å². The predicted octanol–water partition coefficient (Wildman–Crippen LogP) is 3.55. The summed E-state index contributed by atoms with van der Waals surface area (Å²) in [5.41, 5.74) is 0.819. The Balaban J connectivity index is 1.81. The molecular formula is C18H13NO3S. The fourth-order valence-corrected chi connectivity index (χ4v) is 3.73. The second-order valence-electron chi connectivity index (χ2n) is 5.26. The highest BCUT2D eigenvalue weighted by Crippen LogP contribution is 2.34. The number of carbonyl (C=O) groups is 1. The van der Waals surface area contributed by atoms with Gasteiger partial charge >= 0.3 is 5.63 Å². The fraction of sp³-hybridized carbons (Fsp3) is 0.111. The molecule has 4 rings (SSSR count). The number of thioether (sulfide) groups is 1. The summed E-state index contributed by atoms with van der Waals surface area (Å²) in [5, 5.41) is 0.745. The molecule has 1 amide bonds. The van der Waals surface area contributed by atoms with Crippen molar-refractivity contribution in [1.82, 2.24) is 0 Å². The van der Waals surface area contributed by atoms with Crippen LogP contribution in [0.25, 0.3) is 11.0 Å². The molecule has 1 aliphatic rings. The van der Waals surface area contributed by atoms with Crippen molar-refractivity contribution < 1.29 is 9.21 Å². The topological polar surface area (TPSA) is 50.5 Å². The average molecular weight is 323 g/mol. The van der Waals surface area contributed by atoms with Crippen LogP contribution in [0.1, 0.15) is 10.4 Å². The van der Waals surface area contributed by atoms with Crippen molar-refractivity contribution >= 4 is 34.3 Å². The van der Waals surface area contributed by atoms with Gasteiger partial charge in [0.25, 0.3) is 5.91 Å².